The Labute approximate surface area is 244 Å². The molecule has 0 bridgehead atoms. The van der Waals surface area contributed by atoms with Crippen molar-refractivity contribution < 1.29 is 0 Å². The molecule has 0 saturated carbocycles. The van der Waals surface area contributed by atoms with Crippen LogP contribution in [0.4, 0.5) is 0 Å². The van der Waals surface area contributed by atoms with Crippen molar-refractivity contribution in [3.8, 4) is 0 Å². The van der Waals surface area contributed by atoms with Crippen molar-refractivity contribution in [3.05, 3.63) is 68.8 Å². The molecule has 1 unspecified atom stereocenters. The first-order chi connectivity index (χ1) is 17.1. The molecule has 1 atom stereocenters. The lowest BCUT2D eigenvalue weighted by Crippen LogP contribution is -2.38. The first-order valence-electron chi connectivity index (χ1n) is 15.5. The molecule has 0 saturated heterocycles. The maximum atomic E-state index is 2.45. The summed E-state index contributed by atoms with van der Waals surface area (Å²) >= 11 is 0. The second-order valence-corrected chi connectivity index (χ2v) is 18.4. The van der Waals surface area contributed by atoms with Crippen molar-refractivity contribution in [2.45, 2.75) is 176 Å². The Bertz CT molecular complexity index is 1090. The lowest BCUT2D eigenvalue weighted by Gasteiger charge is -2.47. The fourth-order valence-electron chi connectivity index (χ4n) is 6.75. The summed E-state index contributed by atoms with van der Waals surface area (Å²) in [6.07, 6.45) is 1.09. The van der Waals surface area contributed by atoms with Crippen LogP contribution < -0.4 is 0 Å². The van der Waals surface area contributed by atoms with Crippen LogP contribution in [0.2, 0.25) is 0 Å². The molecule has 0 N–H and O–H groups in total. The normalized spacial score (nSPS) is 15.1. The first kappa shape index (κ1) is 33.6. The number of rotatable bonds is 3. The molecule has 0 aliphatic carbocycles. The second kappa shape index (κ2) is 10.4. The van der Waals surface area contributed by atoms with Crippen LogP contribution in [0.1, 0.15) is 188 Å². The Hall–Kier alpha value is -1.56. The Morgan fingerprint density at radius 2 is 0.692 bits per heavy atom. The lowest BCUT2D eigenvalue weighted by atomic mass is 9.57. The predicted octanol–water partition coefficient (Wildman–Crippen LogP) is 12.0. The van der Waals surface area contributed by atoms with Gasteiger partial charge < -0.3 is 0 Å². The molecule has 2 aromatic rings. The van der Waals surface area contributed by atoms with Gasteiger partial charge in [0, 0.05) is 5.92 Å². The minimum atomic E-state index is 0.00707. The van der Waals surface area contributed by atoms with E-state index in [0.717, 1.165) is 6.42 Å². The molecule has 2 aromatic carbocycles. The molecule has 0 aliphatic heterocycles. The highest BCUT2D eigenvalue weighted by molar-refractivity contribution is 5.64. The molecular weight excluding hydrogens is 468 g/mol. The smallest absolute Gasteiger partial charge is 0.00928 e. The maximum absolute atomic E-state index is 2.45. The Kier molecular flexibility index (Phi) is 8.94. The van der Waals surface area contributed by atoms with Gasteiger partial charge in [0.1, 0.15) is 0 Å². The van der Waals surface area contributed by atoms with Gasteiger partial charge in [0.05, 0.1) is 0 Å². The van der Waals surface area contributed by atoms with E-state index in [1.807, 2.05) is 0 Å². The minimum absolute atomic E-state index is 0.00707. The van der Waals surface area contributed by atoms with Crippen molar-refractivity contribution in [1.29, 1.82) is 0 Å². The molecule has 0 radical (unpaired) electrons. The minimum Gasteiger partial charge on any atom is -0.0645 e. The van der Waals surface area contributed by atoms with Gasteiger partial charge in [0.2, 0.25) is 0 Å². The Balaban J connectivity index is 3.40. The van der Waals surface area contributed by atoms with Crippen LogP contribution in [0.15, 0.2) is 24.3 Å². The van der Waals surface area contributed by atoms with E-state index < -0.39 is 0 Å². The molecule has 2 rings (SSSR count). The molecule has 0 aliphatic rings. The van der Waals surface area contributed by atoms with Crippen LogP contribution in [-0.4, -0.2) is 0 Å². The second-order valence-electron chi connectivity index (χ2n) is 18.4. The largest absolute Gasteiger partial charge is 0.0645 e. The number of benzene rings is 2. The van der Waals surface area contributed by atoms with Crippen LogP contribution in [0.5, 0.6) is 0 Å². The van der Waals surface area contributed by atoms with Crippen molar-refractivity contribution in [1.82, 2.24) is 0 Å². The van der Waals surface area contributed by atoms with Gasteiger partial charge in [-0.15, -0.1) is 0 Å². The van der Waals surface area contributed by atoms with E-state index in [2.05, 4.69) is 156 Å². The Morgan fingerprint density at radius 3 is 0.923 bits per heavy atom. The van der Waals surface area contributed by atoms with Crippen molar-refractivity contribution >= 4 is 0 Å². The van der Waals surface area contributed by atoms with Gasteiger partial charge in [-0.05, 0) is 83.4 Å². The molecule has 0 spiro atoms. The highest BCUT2D eigenvalue weighted by Crippen LogP contribution is 2.54. The molecule has 0 heteroatoms. The van der Waals surface area contributed by atoms with Crippen molar-refractivity contribution in [3.63, 3.8) is 0 Å². The summed E-state index contributed by atoms with van der Waals surface area (Å²) in [5.41, 5.74) is 12.6. The molecule has 0 aromatic heterocycles. The van der Waals surface area contributed by atoms with Gasteiger partial charge in [-0.1, -0.05) is 156 Å². The highest BCUT2D eigenvalue weighted by atomic mass is 14.5. The van der Waals surface area contributed by atoms with E-state index in [-0.39, 0.29) is 32.5 Å². The van der Waals surface area contributed by atoms with E-state index in [1.165, 1.54) is 11.1 Å². The predicted molar refractivity (Wildman–Crippen MR) is 177 cm³/mol. The quantitative estimate of drug-likeness (QED) is 0.369. The van der Waals surface area contributed by atoms with Crippen LogP contribution in [0.25, 0.3) is 0 Å². The zero-order valence-electron chi connectivity index (χ0n) is 29.6. The monoisotopic (exact) mass is 533 g/mol. The average molecular weight is 533 g/mol. The molecule has 0 amide bonds. The molecule has 0 heterocycles. The summed E-state index contributed by atoms with van der Waals surface area (Å²) in [5, 5.41) is 0. The highest BCUT2D eigenvalue weighted by Gasteiger charge is 2.43. The van der Waals surface area contributed by atoms with Gasteiger partial charge in [0.25, 0.3) is 0 Å². The summed E-state index contributed by atoms with van der Waals surface area (Å²) in [6.45, 7) is 46.0. The standard InChI is InChI=1S/C39H64/c1-20-27(25-21-23-26(24-22-25)34(2,3)4)28-29(35(5,6)7)31(37(11,12)13)33(39(17,18)19)32(38(14,15)16)30(28)36(8,9)10/h21-24,27H,20H2,1-19H3. The maximum Gasteiger partial charge on any atom is 0.00928 e. The fraction of sp³-hybridized carbons (Fsp3) is 0.692. The third-order valence-electron chi connectivity index (χ3n) is 8.22. The topological polar surface area (TPSA) is 0 Å². The number of hydrogen-bond acceptors (Lipinski definition) is 0. The van der Waals surface area contributed by atoms with Crippen molar-refractivity contribution in [2.24, 2.45) is 0 Å². The van der Waals surface area contributed by atoms with Crippen LogP contribution in [0, 0.1) is 0 Å². The molecule has 0 nitrogen and oxygen atoms in total. The molecule has 0 fully saturated rings. The van der Waals surface area contributed by atoms with E-state index in [0.29, 0.717) is 5.92 Å². The van der Waals surface area contributed by atoms with Gasteiger partial charge >= 0.3 is 0 Å². The zero-order valence-corrected chi connectivity index (χ0v) is 29.6. The summed E-state index contributed by atoms with van der Waals surface area (Å²) < 4.78 is 0. The third-order valence-corrected chi connectivity index (χ3v) is 8.22. The van der Waals surface area contributed by atoms with E-state index in [4.69, 9.17) is 0 Å². The van der Waals surface area contributed by atoms with Crippen LogP contribution in [0.3, 0.4) is 0 Å². The van der Waals surface area contributed by atoms with Crippen LogP contribution >= 0.6 is 0 Å². The lowest BCUT2D eigenvalue weighted by molar-refractivity contribution is 0.450. The first-order valence-corrected chi connectivity index (χ1v) is 15.5. The van der Waals surface area contributed by atoms with Crippen LogP contribution in [-0.2, 0) is 32.5 Å². The summed E-state index contributed by atoms with van der Waals surface area (Å²) in [7, 11) is 0. The fourth-order valence-corrected chi connectivity index (χ4v) is 6.75. The van der Waals surface area contributed by atoms with Gasteiger partial charge in [0.15, 0.2) is 0 Å². The van der Waals surface area contributed by atoms with Gasteiger partial charge in [-0.25, -0.2) is 0 Å². The van der Waals surface area contributed by atoms with E-state index in [1.54, 1.807) is 33.4 Å². The summed E-state index contributed by atoms with van der Waals surface area (Å²) in [6, 6.07) is 9.62. The van der Waals surface area contributed by atoms with E-state index in [9.17, 15) is 0 Å². The summed E-state index contributed by atoms with van der Waals surface area (Å²) in [4.78, 5) is 0. The molecule has 220 valence electrons. The van der Waals surface area contributed by atoms with Crippen molar-refractivity contribution in [2.75, 3.05) is 0 Å². The SMILES string of the molecule is CCC(c1ccc(C(C)(C)C)cc1)c1c(C(C)(C)C)c(C(C)(C)C)c(C(C)(C)C)c(C(C)(C)C)c1C(C)(C)C. The average Bonchev–Trinajstić information content (AvgIpc) is 2.69. The Morgan fingerprint density at radius 1 is 0.410 bits per heavy atom. The molecule has 39 heavy (non-hydrogen) atoms. The third kappa shape index (κ3) is 7.02. The zero-order chi connectivity index (χ0) is 30.7. The number of hydrogen-bond donors (Lipinski definition) is 0. The van der Waals surface area contributed by atoms with Gasteiger partial charge in [-0.2, -0.15) is 0 Å². The summed E-state index contributed by atoms with van der Waals surface area (Å²) in [5.74, 6) is 0.346. The van der Waals surface area contributed by atoms with Gasteiger partial charge in [-0.3, -0.25) is 0 Å². The van der Waals surface area contributed by atoms with E-state index >= 15 is 0 Å². The molecular formula is C39H64.